The van der Waals surface area contributed by atoms with E-state index in [9.17, 15) is 14.4 Å². The Kier molecular flexibility index (Phi) is 7.27. The monoisotopic (exact) mass is 601 g/mol. The summed E-state index contributed by atoms with van der Waals surface area (Å²) in [6, 6.07) is 13.5. The molecule has 5 aliphatic rings. The van der Waals surface area contributed by atoms with Crippen LogP contribution in [0.4, 0.5) is 5.69 Å². The van der Waals surface area contributed by atoms with E-state index >= 15 is 0 Å². The van der Waals surface area contributed by atoms with Crippen molar-refractivity contribution in [1.29, 1.82) is 0 Å². The molecular weight excluding hydrogens is 562 g/mol. The molecule has 7 rings (SSSR count). The van der Waals surface area contributed by atoms with Gasteiger partial charge < -0.3 is 34.5 Å². The maximum Gasteiger partial charge on any atom is 0.246 e. The van der Waals surface area contributed by atoms with Crippen molar-refractivity contribution in [3.05, 3.63) is 60.7 Å². The predicted octanol–water partition coefficient (Wildman–Crippen LogP) is 3.57. The minimum Gasteiger partial charge on any atom is -0.497 e. The molecule has 44 heavy (non-hydrogen) atoms. The number of amides is 3. The highest BCUT2D eigenvalue weighted by molar-refractivity contribution is 6.02. The highest BCUT2D eigenvalue weighted by Crippen LogP contribution is 2.55. The lowest BCUT2D eigenvalue weighted by Gasteiger charge is -2.38. The Bertz CT molecular complexity index is 1480. The van der Waals surface area contributed by atoms with Crippen molar-refractivity contribution >= 4 is 23.4 Å². The molecular formula is C34H39N3O7. The zero-order valence-electron chi connectivity index (χ0n) is 25.2. The lowest BCUT2D eigenvalue weighted by atomic mass is 9.73. The minimum absolute atomic E-state index is 0.00320. The van der Waals surface area contributed by atoms with Gasteiger partial charge in [-0.1, -0.05) is 51.0 Å². The molecule has 2 N–H and O–H groups in total. The molecule has 10 nitrogen and oxygen atoms in total. The predicted molar refractivity (Wildman–Crippen MR) is 161 cm³/mol. The number of likely N-dealkylation sites (tertiary alicyclic amines) is 1. The van der Waals surface area contributed by atoms with Gasteiger partial charge in [-0.2, -0.15) is 0 Å². The van der Waals surface area contributed by atoms with Crippen LogP contribution in [0.25, 0.3) is 0 Å². The van der Waals surface area contributed by atoms with Crippen LogP contribution in [0.1, 0.15) is 33.1 Å². The first kappa shape index (κ1) is 28.7. The summed E-state index contributed by atoms with van der Waals surface area (Å²) in [5.74, 6) is 0.156. The molecule has 3 amide bonds. The van der Waals surface area contributed by atoms with E-state index in [1.54, 1.807) is 36.3 Å². The van der Waals surface area contributed by atoms with Crippen molar-refractivity contribution in [2.45, 2.75) is 63.0 Å². The van der Waals surface area contributed by atoms with Crippen LogP contribution in [0, 0.1) is 23.7 Å². The Labute approximate surface area is 257 Å². The van der Waals surface area contributed by atoms with Crippen LogP contribution in [0.3, 0.4) is 0 Å². The topological polar surface area (TPSA) is 115 Å². The normalized spacial score (nSPS) is 34.9. The van der Waals surface area contributed by atoms with Crippen LogP contribution in [0.15, 0.2) is 60.7 Å². The summed E-state index contributed by atoms with van der Waals surface area (Å²) in [5, 5.41) is 6.25. The van der Waals surface area contributed by atoms with E-state index < -0.39 is 35.7 Å². The summed E-state index contributed by atoms with van der Waals surface area (Å²) < 4.78 is 23.9. The van der Waals surface area contributed by atoms with Crippen molar-refractivity contribution in [3.63, 3.8) is 0 Å². The standard InChI is InChI=1S/C34H39N3O7/c1-19-7-6-8-24(20(19)2)36-32(39)30-34-16-15-27(44-34)28(31(38)35-21-11-13-22(41-3)14-12-21)29(34)33(40)37(30)17-23-18-42-25-9-4-5-10-26(25)43-23/h4-5,9-16,19-20,23-24,27-30H,6-8,17-18H2,1-3H3,(H,35,38)(H,36,39). The average molecular weight is 602 g/mol. The molecule has 1 spiro atoms. The number of methoxy groups -OCH3 is 1. The van der Waals surface area contributed by atoms with E-state index in [1.807, 2.05) is 36.4 Å². The number of carbonyl (C=O) groups is 3. The third kappa shape index (κ3) is 4.70. The fraction of sp³-hybridized carbons (Fsp3) is 0.500. The second kappa shape index (κ2) is 11.1. The summed E-state index contributed by atoms with van der Waals surface area (Å²) in [4.78, 5) is 44.1. The van der Waals surface area contributed by atoms with Crippen molar-refractivity contribution < 1.29 is 33.3 Å². The highest BCUT2D eigenvalue weighted by Gasteiger charge is 2.73. The van der Waals surface area contributed by atoms with Crippen molar-refractivity contribution in [2.75, 3.05) is 25.6 Å². The van der Waals surface area contributed by atoms with Gasteiger partial charge in [0.1, 0.15) is 24.0 Å². The van der Waals surface area contributed by atoms with Gasteiger partial charge in [-0.25, -0.2) is 0 Å². The number of carbonyl (C=O) groups excluding carboxylic acids is 3. The van der Waals surface area contributed by atoms with Gasteiger partial charge in [0.05, 0.1) is 31.6 Å². The lowest BCUT2D eigenvalue weighted by molar-refractivity contribution is -0.143. The zero-order valence-corrected chi connectivity index (χ0v) is 25.2. The molecule has 10 heteroatoms. The Morgan fingerprint density at radius 2 is 1.82 bits per heavy atom. The first-order valence-electron chi connectivity index (χ1n) is 15.6. The number of ether oxygens (including phenoxy) is 4. The molecule has 3 fully saturated rings. The summed E-state index contributed by atoms with van der Waals surface area (Å²) in [5.41, 5.74) is -0.676. The summed E-state index contributed by atoms with van der Waals surface area (Å²) in [6.45, 7) is 4.74. The van der Waals surface area contributed by atoms with E-state index in [2.05, 4.69) is 24.5 Å². The van der Waals surface area contributed by atoms with Crippen LogP contribution in [-0.2, 0) is 19.1 Å². The zero-order chi connectivity index (χ0) is 30.6. The van der Waals surface area contributed by atoms with Crippen LogP contribution < -0.4 is 24.8 Å². The molecule has 9 atom stereocenters. The minimum atomic E-state index is -1.26. The Morgan fingerprint density at radius 3 is 2.59 bits per heavy atom. The average Bonchev–Trinajstić information content (AvgIpc) is 3.67. The Balaban J connectivity index is 1.18. The molecule has 2 aromatic rings. The number of anilines is 1. The van der Waals surface area contributed by atoms with Gasteiger partial charge in [0.15, 0.2) is 17.6 Å². The van der Waals surface area contributed by atoms with Crippen molar-refractivity contribution in [2.24, 2.45) is 23.7 Å². The Morgan fingerprint density at radius 1 is 1.05 bits per heavy atom. The van der Waals surface area contributed by atoms with E-state index in [4.69, 9.17) is 18.9 Å². The maximum atomic E-state index is 14.4. The summed E-state index contributed by atoms with van der Waals surface area (Å²) >= 11 is 0. The molecule has 1 saturated carbocycles. The van der Waals surface area contributed by atoms with Crippen LogP contribution in [-0.4, -0.2) is 72.8 Å². The number of hydrogen-bond acceptors (Lipinski definition) is 7. The number of hydrogen-bond donors (Lipinski definition) is 2. The molecule has 2 bridgehead atoms. The third-order valence-corrected chi connectivity index (χ3v) is 10.3. The van der Waals surface area contributed by atoms with E-state index in [0.717, 1.165) is 19.3 Å². The fourth-order valence-electron chi connectivity index (χ4n) is 7.78. The number of fused-ring (bicyclic) bond motifs is 2. The van der Waals surface area contributed by atoms with Gasteiger partial charge in [0.2, 0.25) is 17.7 Å². The number of rotatable bonds is 7. The van der Waals surface area contributed by atoms with Crippen molar-refractivity contribution in [1.82, 2.24) is 10.2 Å². The van der Waals surface area contributed by atoms with Crippen molar-refractivity contribution in [3.8, 4) is 17.2 Å². The first-order chi connectivity index (χ1) is 21.3. The molecule has 1 aliphatic carbocycles. The molecule has 9 unspecified atom stereocenters. The van der Waals surface area contributed by atoms with Gasteiger partial charge in [0, 0.05) is 11.7 Å². The molecule has 4 aliphatic heterocycles. The van der Waals surface area contributed by atoms with Gasteiger partial charge >= 0.3 is 0 Å². The highest BCUT2D eigenvalue weighted by atomic mass is 16.6. The molecule has 232 valence electrons. The second-order valence-corrected chi connectivity index (χ2v) is 12.8. The molecule has 4 heterocycles. The fourth-order valence-corrected chi connectivity index (χ4v) is 7.78. The van der Waals surface area contributed by atoms with Crippen LogP contribution in [0.5, 0.6) is 17.2 Å². The number of para-hydroxylation sites is 2. The molecule has 0 aromatic heterocycles. The van der Waals surface area contributed by atoms with Gasteiger partial charge in [0.25, 0.3) is 0 Å². The number of nitrogens with zero attached hydrogens (tertiary/aromatic N) is 1. The second-order valence-electron chi connectivity index (χ2n) is 12.8. The van der Waals surface area contributed by atoms with E-state index in [0.29, 0.717) is 34.8 Å². The number of nitrogens with one attached hydrogen (secondary N) is 2. The SMILES string of the molecule is COc1ccc(NC(=O)C2C3C=CC4(O3)C2C(=O)N(CC2COc3ccccc3O2)C4C(=O)NC2CCCC(C)C2C)cc1. The molecule has 2 saturated heterocycles. The summed E-state index contributed by atoms with van der Waals surface area (Å²) in [7, 11) is 1.58. The Hall–Kier alpha value is -4.05. The summed E-state index contributed by atoms with van der Waals surface area (Å²) in [6.07, 6.45) is 5.60. The quantitative estimate of drug-likeness (QED) is 0.467. The third-order valence-electron chi connectivity index (χ3n) is 10.3. The molecule has 2 aromatic carbocycles. The van der Waals surface area contributed by atoms with Gasteiger partial charge in [-0.15, -0.1) is 0 Å². The largest absolute Gasteiger partial charge is 0.497 e. The first-order valence-corrected chi connectivity index (χ1v) is 15.6. The van der Waals surface area contributed by atoms with E-state index in [1.165, 1.54) is 0 Å². The number of benzene rings is 2. The van der Waals surface area contributed by atoms with E-state index in [-0.39, 0.29) is 36.9 Å². The van der Waals surface area contributed by atoms with Crippen LogP contribution in [0.2, 0.25) is 0 Å². The smallest absolute Gasteiger partial charge is 0.246 e. The van der Waals surface area contributed by atoms with Gasteiger partial charge in [-0.05, 0) is 54.7 Å². The lowest BCUT2D eigenvalue weighted by Crippen LogP contribution is -2.59. The van der Waals surface area contributed by atoms with Gasteiger partial charge in [-0.3, -0.25) is 14.4 Å². The van der Waals surface area contributed by atoms with Crippen LogP contribution >= 0.6 is 0 Å². The maximum absolute atomic E-state index is 14.4. The molecule has 0 radical (unpaired) electrons.